The fraction of sp³-hybridized carbons (Fsp3) is 0.941. The van der Waals surface area contributed by atoms with Crippen molar-refractivity contribution in [2.24, 2.45) is 5.92 Å². The van der Waals surface area contributed by atoms with E-state index >= 15 is 0 Å². The van der Waals surface area contributed by atoms with Crippen LogP contribution in [0.3, 0.4) is 0 Å². The van der Waals surface area contributed by atoms with Gasteiger partial charge < -0.3 is 15.5 Å². The molecule has 0 aliphatic carbocycles. The van der Waals surface area contributed by atoms with Gasteiger partial charge in [0.25, 0.3) is 0 Å². The maximum Gasteiger partial charge on any atom is 0.223 e. The van der Waals surface area contributed by atoms with Gasteiger partial charge in [-0.05, 0) is 19.8 Å². The van der Waals surface area contributed by atoms with Crippen LogP contribution in [-0.4, -0.2) is 35.4 Å². The molecule has 2 atom stereocenters. The maximum atomic E-state index is 11.9. The third-order valence-corrected chi connectivity index (χ3v) is 3.83. The summed E-state index contributed by atoms with van der Waals surface area (Å²) in [7, 11) is 0. The summed E-state index contributed by atoms with van der Waals surface area (Å²) < 4.78 is 0. The Labute approximate surface area is 130 Å². The molecule has 0 aromatic rings. The molecule has 0 saturated heterocycles. The van der Waals surface area contributed by atoms with Gasteiger partial charge in [0.2, 0.25) is 5.91 Å². The van der Waals surface area contributed by atoms with Crippen LogP contribution < -0.4 is 5.32 Å². The highest BCUT2D eigenvalue weighted by Crippen LogP contribution is 2.16. The van der Waals surface area contributed by atoms with Gasteiger partial charge in [0, 0.05) is 19.1 Å². The van der Waals surface area contributed by atoms with E-state index in [4.69, 9.17) is 5.11 Å². The summed E-state index contributed by atoms with van der Waals surface area (Å²) in [6.07, 6.45) is 10.8. The van der Waals surface area contributed by atoms with Crippen molar-refractivity contribution in [1.82, 2.24) is 5.32 Å². The van der Waals surface area contributed by atoms with Crippen molar-refractivity contribution in [3.63, 3.8) is 0 Å². The molecule has 0 aliphatic rings. The van der Waals surface area contributed by atoms with E-state index in [1.54, 1.807) is 6.92 Å². The SMILES string of the molecule is CCCCCCCCCCC(CCO)C(=O)NCC(C)O. The second-order valence-electron chi connectivity index (χ2n) is 6.07. The third-order valence-electron chi connectivity index (χ3n) is 3.83. The van der Waals surface area contributed by atoms with Gasteiger partial charge in [-0.3, -0.25) is 4.79 Å². The Morgan fingerprint density at radius 2 is 1.57 bits per heavy atom. The van der Waals surface area contributed by atoms with Crippen molar-refractivity contribution in [2.75, 3.05) is 13.2 Å². The van der Waals surface area contributed by atoms with Gasteiger partial charge in [-0.2, -0.15) is 0 Å². The molecule has 4 heteroatoms. The van der Waals surface area contributed by atoms with E-state index in [9.17, 15) is 9.90 Å². The van der Waals surface area contributed by atoms with Crippen molar-refractivity contribution in [2.45, 2.75) is 84.2 Å². The first-order valence-electron chi connectivity index (χ1n) is 8.68. The largest absolute Gasteiger partial charge is 0.396 e. The van der Waals surface area contributed by atoms with Crippen LogP contribution >= 0.6 is 0 Å². The van der Waals surface area contributed by atoms with Crippen LogP contribution in [0.25, 0.3) is 0 Å². The summed E-state index contributed by atoms with van der Waals surface area (Å²) in [5.74, 6) is -0.151. The molecule has 0 aliphatic heterocycles. The lowest BCUT2D eigenvalue weighted by atomic mass is 9.96. The van der Waals surface area contributed by atoms with Gasteiger partial charge in [0.15, 0.2) is 0 Å². The molecule has 0 fully saturated rings. The van der Waals surface area contributed by atoms with Crippen molar-refractivity contribution in [1.29, 1.82) is 0 Å². The minimum Gasteiger partial charge on any atom is -0.396 e. The Balaban J connectivity index is 3.71. The lowest BCUT2D eigenvalue weighted by molar-refractivity contribution is -0.126. The first-order chi connectivity index (χ1) is 10.1. The van der Waals surface area contributed by atoms with Gasteiger partial charge in [-0.1, -0.05) is 58.3 Å². The molecule has 3 N–H and O–H groups in total. The fourth-order valence-corrected chi connectivity index (χ4v) is 2.48. The van der Waals surface area contributed by atoms with Crippen LogP contribution in [0.5, 0.6) is 0 Å². The minimum absolute atomic E-state index is 0.0344. The standard InChI is InChI=1S/C17H35NO3/c1-3-4-5-6-7-8-9-10-11-16(12-13-19)17(21)18-14-15(2)20/h15-16,19-20H,3-14H2,1-2H3,(H,18,21). The zero-order valence-electron chi connectivity index (χ0n) is 13.9. The Morgan fingerprint density at radius 3 is 2.10 bits per heavy atom. The molecule has 0 spiro atoms. The Morgan fingerprint density at radius 1 is 1.00 bits per heavy atom. The molecule has 0 radical (unpaired) electrons. The van der Waals surface area contributed by atoms with Gasteiger partial charge in [-0.25, -0.2) is 0 Å². The quantitative estimate of drug-likeness (QED) is 0.432. The average molecular weight is 301 g/mol. The zero-order chi connectivity index (χ0) is 15.9. The van der Waals surface area contributed by atoms with Crippen molar-refractivity contribution >= 4 is 5.91 Å². The van der Waals surface area contributed by atoms with E-state index in [1.165, 1.54) is 38.5 Å². The molecule has 2 unspecified atom stereocenters. The summed E-state index contributed by atoms with van der Waals surface area (Å²) >= 11 is 0. The van der Waals surface area contributed by atoms with Gasteiger partial charge in [-0.15, -0.1) is 0 Å². The molecular formula is C17H35NO3. The predicted octanol–water partition coefficient (Wildman–Crippen LogP) is 3.01. The molecule has 0 aromatic carbocycles. The lowest BCUT2D eigenvalue weighted by Gasteiger charge is -2.16. The van der Waals surface area contributed by atoms with E-state index < -0.39 is 6.10 Å². The van der Waals surface area contributed by atoms with E-state index in [1.807, 2.05) is 0 Å². The molecule has 0 aromatic heterocycles. The molecule has 1 amide bonds. The highest BCUT2D eigenvalue weighted by Gasteiger charge is 2.17. The minimum atomic E-state index is -0.521. The lowest BCUT2D eigenvalue weighted by Crippen LogP contribution is -2.35. The van der Waals surface area contributed by atoms with Crippen LogP contribution in [0.2, 0.25) is 0 Å². The van der Waals surface area contributed by atoms with E-state index in [-0.39, 0.29) is 25.0 Å². The maximum absolute atomic E-state index is 11.9. The highest BCUT2D eigenvalue weighted by molar-refractivity contribution is 5.78. The second kappa shape index (κ2) is 14.3. The van der Waals surface area contributed by atoms with Gasteiger partial charge in [0.05, 0.1) is 6.10 Å². The van der Waals surface area contributed by atoms with Gasteiger partial charge in [0.1, 0.15) is 0 Å². The summed E-state index contributed by atoms with van der Waals surface area (Å²) in [5, 5.41) is 21.0. The second-order valence-corrected chi connectivity index (χ2v) is 6.07. The van der Waals surface area contributed by atoms with E-state index in [2.05, 4.69) is 12.2 Å². The van der Waals surface area contributed by atoms with Gasteiger partial charge >= 0.3 is 0 Å². The van der Waals surface area contributed by atoms with Crippen LogP contribution in [0, 0.1) is 5.92 Å². The summed E-state index contributed by atoms with van der Waals surface area (Å²) in [6.45, 7) is 4.21. The number of aliphatic hydroxyl groups excluding tert-OH is 2. The first-order valence-corrected chi connectivity index (χ1v) is 8.68. The number of nitrogens with one attached hydrogen (secondary N) is 1. The number of hydrogen-bond donors (Lipinski definition) is 3. The van der Waals surface area contributed by atoms with E-state index in [0.717, 1.165) is 19.3 Å². The normalized spacial score (nSPS) is 13.9. The number of aliphatic hydroxyl groups is 2. The van der Waals surface area contributed by atoms with Crippen LogP contribution in [0.4, 0.5) is 0 Å². The summed E-state index contributed by atoms with van der Waals surface area (Å²) in [6, 6.07) is 0. The number of amides is 1. The molecule has 0 saturated carbocycles. The summed E-state index contributed by atoms with van der Waals surface area (Å²) in [5.41, 5.74) is 0. The molecule has 21 heavy (non-hydrogen) atoms. The molecule has 0 heterocycles. The van der Waals surface area contributed by atoms with Crippen molar-refractivity contribution in [3.05, 3.63) is 0 Å². The topological polar surface area (TPSA) is 69.6 Å². The Bertz CT molecular complexity index is 244. The highest BCUT2D eigenvalue weighted by atomic mass is 16.3. The van der Waals surface area contributed by atoms with Crippen molar-refractivity contribution < 1.29 is 15.0 Å². The van der Waals surface area contributed by atoms with Crippen molar-refractivity contribution in [3.8, 4) is 0 Å². The Kier molecular flexibility index (Phi) is 13.9. The van der Waals surface area contributed by atoms with E-state index in [0.29, 0.717) is 6.42 Å². The predicted molar refractivity (Wildman–Crippen MR) is 87.1 cm³/mol. The molecule has 4 nitrogen and oxygen atoms in total. The molecule has 0 bridgehead atoms. The fourth-order valence-electron chi connectivity index (χ4n) is 2.48. The number of carbonyl (C=O) groups is 1. The first kappa shape index (κ1) is 20.4. The molecule has 126 valence electrons. The summed E-state index contributed by atoms with van der Waals surface area (Å²) in [4.78, 5) is 11.9. The monoisotopic (exact) mass is 301 g/mol. The Hall–Kier alpha value is -0.610. The number of unbranched alkanes of at least 4 members (excludes halogenated alkanes) is 7. The number of rotatable bonds is 14. The smallest absolute Gasteiger partial charge is 0.223 e. The van der Waals surface area contributed by atoms with Crippen LogP contribution in [0.15, 0.2) is 0 Å². The number of carbonyl (C=O) groups excluding carboxylic acids is 1. The van der Waals surface area contributed by atoms with Crippen LogP contribution in [0.1, 0.15) is 78.1 Å². The van der Waals surface area contributed by atoms with Crippen LogP contribution in [-0.2, 0) is 4.79 Å². The average Bonchev–Trinajstić information content (AvgIpc) is 2.46. The number of hydrogen-bond acceptors (Lipinski definition) is 3. The third kappa shape index (κ3) is 12.8. The zero-order valence-corrected chi connectivity index (χ0v) is 13.9. The molecular weight excluding hydrogens is 266 g/mol. The molecule has 0 rings (SSSR count).